The molecule has 0 aliphatic heterocycles. The third-order valence-electron chi connectivity index (χ3n) is 3.86. The van der Waals surface area contributed by atoms with Crippen molar-refractivity contribution in [1.29, 1.82) is 5.26 Å². The third kappa shape index (κ3) is 2.08. The Bertz CT molecular complexity index is 612. The van der Waals surface area contributed by atoms with Crippen LogP contribution in [-0.2, 0) is 5.41 Å². The SMILES string of the molecule is CC1CC1(C#N)c1ccc(Oc2ccccc2)cc1. The topological polar surface area (TPSA) is 33.0 Å². The number of hydrogen-bond donors (Lipinski definition) is 0. The van der Waals surface area contributed by atoms with Gasteiger partial charge < -0.3 is 4.74 Å². The Labute approximate surface area is 113 Å². The van der Waals surface area contributed by atoms with Gasteiger partial charge in [0, 0.05) is 0 Å². The highest BCUT2D eigenvalue weighted by Gasteiger charge is 2.53. The lowest BCUT2D eigenvalue weighted by Gasteiger charge is -2.10. The summed E-state index contributed by atoms with van der Waals surface area (Å²) in [5.74, 6) is 2.08. The molecule has 2 heteroatoms. The van der Waals surface area contributed by atoms with E-state index in [1.807, 2.05) is 54.6 Å². The first-order chi connectivity index (χ1) is 9.24. The van der Waals surface area contributed by atoms with Crippen molar-refractivity contribution in [3.63, 3.8) is 0 Å². The molecule has 0 radical (unpaired) electrons. The minimum absolute atomic E-state index is 0.259. The lowest BCUT2D eigenvalue weighted by molar-refractivity contribution is 0.482. The monoisotopic (exact) mass is 249 g/mol. The van der Waals surface area contributed by atoms with Crippen LogP contribution in [0.15, 0.2) is 54.6 Å². The van der Waals surface area contributed by atoms with Crippen LogP contribution >= 0.6 is 0 Å². The number of ether oxygens (including phenoxy) is 1. The molecule has 0 saturated heterocycles. The number of nitriles is 1. The fraction of sp³-hybridized carbons (Fsp3) is 0.235. The first-order valence-electron chi connectivity index (χ1n) is 6.49. The zero-order chi connectivity index (χ0) is 13.3. The molecule has 2 unspecified atom stereocenters. The van der Waals surface area contributed by atoms with Crippen LogP contribution in [0.5, 0.6) is 11.5 Å². The number of rotatable bonds is 3. The summed E-state index contributed by atoms with van der Waals surface area (Å²) in [5.41, 5.74) is 0.841. The quantitative estimate of drug-likeness (QED) is 0.813. The predicted molar refractivity (Wildman–Crippen MR) is 74.0 cm³/mol. The van der Waals surface area contributed by atoms with E-state index in [1.54, 1.807) is 0 Å². The Balaban J connectivity index is 1.79. The molecule has 1 saturated carbocycles. The van der Waals surface area contributed by atoms with Gasteiger partial charge >= 0.3 is 0 Å². The van der Waals surface area contributed by atoms with E-state index in [-0.39, 0.29) is 5.41 Å². The van der Waals surface area contributed by atoms with Crippen LogP contribution in [0.2, 0.25) is 0 Å². The molecule has 0 heterocycles. The fourth-order valence-corrected chi connectivity index (χ4v) is 2.49. The summed E-state index contributed by atoms with van der Waals surface area (Å²) in [4.78, 5) is 0. The summed E-state index contributed by atoms with van der Waals surface area (Å²) in [6.45, 7) is 2.12. The molecule has 2 aromatic rings. The summed E-state index contributed by atoms with van der Waals surface area (Å²) < 4.78 is 5.74. The maximum Gasteiger partial charge on any atom is 0.127 e. The van der Waals surface area contributed by atoms with E-state index >= 15 is 0 Å². The molecular formula is C17H15NO. The van der Waals surface area contributed by atoms with E-state index < -0.39 is 0 Å². The van der Waals surface area contributed by atoms with Crippen molar-refractivity contribution in [2.45, 2.75) is 18.8 Å². The molecule has 1 aliphatic carbocycles. The summed E-state index contributed by atoms with van der Waals surface area (Å²) in [6.07, 6.45) is 0.961. The molecule has 0 N–H and O–H groups in total. The Kier molecular flexibility index (Phi) is 2.76. The molecule has 2 nitrogen and oxygen atoms in total. The molecule has 0 spiro atoms. The van der Waals surface area contributed by atoms with E-state index in [0.29, 0.717) is 5.92 Å². The van der Waals surface area contributed by atoms with Crippen LogP contribution in [0.4, 0.5) is 0 Å². The maximum atomic E-state index is 9.30. The highest BCUT2D eigenvalue weighted by Crippen LogP contribution is 2.53. The summed E-state index contributed by atoms with van der Waals surface area (Å²) >= 11 is 0. The van der Waals surface area contributed by atoms with Gasteiger partial charge in [0.1, 0.15) is 11.5 Å². The highest BCUT2D eigenvalue weighted by molar-refractivity contribution is 5.44. The molecule has 94 valence electrons. The van der Waals surface area contributed by atoms with Gasteiger partial charge in [-0.05, 0) is 42.2 Å². The van der Waals surface area contributed by atoms with Crippen molar-refractivity contribution in [2.24, 2.45) is 5.92 Å². The van der Waals surface area contributed by atoms with E-state index in [1.165, 1.54) is 0 Å². The second-order valence-corrected chi connectivity index (χ2v) is 5.13. The molecule has 2 atom stereocenters. The molecule has 0 amide bonds. The van der Waals surface area contributed by atoms with Gasteiger partial charge in [0.15, 0.2) is 0 Å². The molecule has 3 rings (SSSR count). The van der Waals surface area contributed by atoms with Gasteiger partial charge in [-0.25, -0.2) is 0 Å². The molecule has 0 aromatic heterocycles. The summed E-state index contributed by atoms with van der Waals surface area (Å²) in [7, 11) is 0. The zero-order valence-electron chi connectivity index (χ0n) is 10.8. The Morgan fingerprint density at radius 1 is 1.05 bits per heavy atom. The third-order valence-corrected chi connectivity index (χ3v) is 3.86. The second kappa shape index (κ2) is 4.44. The normalized spacial score (nSPS) is 24.5. The summed E-state index contributed by atoms with van der Waals surface area (Å²) in [6, 6.07) is 20.0. The van der Waals surface area contributed by atoms with Crippen molar-refractivity contribution in [2.75, 3.05) is 0 Å². The van der Waals surface area contributed by atoms with Crippen LogP contribution in [0.25, 0.3) is 0 Å². The number of para-hydroxylation sites is 1. The van der Waals surface area contributed by atoms with E-state index in [9.17, 15) is 5.26 Å². The van der Waals surface area contributed by atoms with Gasteiger partial charge in [-0.1, -0.05) is 37.3 Å². The van der Waals surface area contributed by atoms with Crippen LogP contribution in [0.1, 0.15) is 18.9 Å². The number of nitrogens with zero attached hydrogens (tertiary/aromatic N) is 1. The van der Waals surface area contributed by atoms with Gasteiger partial charge in [0.2, 0.25) is 0 Å². The average molecular weight is 249 g/mol. The first kappa shape index (κ1) is 11.8. The number of hydrogen-bond acceptors (Lipinski definition) is 2. The van der Waals surface area contributed by atoms with Gasteiger partial charge in [-0.2, -0.15) is 5.26 Å². The molecule has 19 heavy (non-hydrogen) atoms. The minimum Gasteiger partial charge on any atom is -0.457 e. The molecule has 2 aromatic carbocycles. The van der Waals surface area contributed by atoms with Crippen molar-refractivity contribution < 1.29 is 4.74 Å². The fourth-order valence-electron chi connectivity index (χ4n) is 2.49. The van der Waals surface area contributed by atoms with Crippen molar-refractivity contribution >= 4 is 0 Å². The number of benzene rings is 2. The van der Waals surface area contributed by atoms with Crippen molar-refractivity contribution in [1.82, 2.24) is 0 Å². The molecule has 1 fully saturated rings. The Hall–Kier alpha value is -2.27. The van der Waals surface area contributed by atoms with Crippen LogP contribution in [0.3, 0.4) is 0 Å². The lowest BCUT2D eigenvalue weighted by Crippen LogP contribution is -2.05. The molecule has 0 bridgehead atoms. The second-order valence-electron chi connectivity index (χ2n) is 5.13. The Morgan fingerprint density at radius 3 is 2.16 bits per heavy atom. The van der Waals surface area contributed by atoms with Gasteiger partial charge in [0.05, 0.1) is 11.5 Å². The van der Waals surface area contributed by atoms with E-state index in [0.717, 1.165) is 23.5 Å². The van der Waals surface area contributed by atoms with Crippen LogP contribution in [-0.4, -0.2) is 0 Å². The summed E-state index contributed by atoms with van der Waals surface area (Å²) in [5, 5.41) is 9.30. The average Bonchev–Trinajstić information content (AvgIpc) is 3.13. The van der Waals surface area contributed by atoms with Crippen molar-refractivity contribution in [3.05, 3.63) is 60.2 Å². The first-order valence-corrected chi connectivity index (χ1v) is 6.49. The largest absolute Gasteiger partial charge is 0.457 e. The highest BCUT2D eigenvalue weighted by atomic mass is 16.5. The van der Waals surface area contributed by atoms with Crippen LogP contribution in [0, 0.1) is 17.2 Å². The zero-order valence-corrected chi connectivity index (χ0v) is 10.8. The lowest BCUT2D eigenvalue weighted by atomic mass is 9.95. The van der Waals surface area contributed by atoms with E-state index in [2.05, 4.69) is 13.0 Å². The Morgan fingerprint density at radius 2 is 1.63 bits per heavy atom. The molecular weight excluding hydrogens is 234 g/mol. The standard InChI is InChI=1S/C17H15NO/c1-13-11-17(13,12-18)14-7-9-16(10-8-14)19-15-5-3-2-4-6-15/h2-10,13H,11H2,1H3. The van der Waals surface area contributed by atoms with Crippen LogP contribution < -0.4 is 4.74 Å². The smallest absolute Gasteiger partial charge is 0.127 e. The predicted octanol–water partition coefficient (Wildman–Crippen LogP) is 4.28. The minimum atomic E-state index is -0.259. The maximum absolute atomic E-state index is 9.30. The van der Waals surface area contributed by atoms with Gasteiger partial charge in [-0.15, -0.1) is 0 Å². The van der Waals surface area contributed by atoms with Gasteiger partial charge in [-0.3, -0.25) is 0 Å². The van der Waals surface area contributed by atoms with Gasteiger partial charge in [0.25, 0.3) is 0 Å². The van der Waals surface area contributed by atoms with E-state index in [4.69, 9.17) is 4.74 Å². The van der Waals surface area contributed by atoms with Crippen molar-refractivity contribution in [3.8, 4) is 17.6 Å². The molecule has 1 aliphatic rings.